The van der Waals surface area contributed by atoms with E-state index in [9.17, 15) is 33.6 Å². The molecule has 22 nitrogen and oxygen atoms in total. The first-order valence-corrected chi connectivity index (χ1v) is 17.1. The molecule has 3 saturated heterocycles. The maximum Gasteiger partial charge on any atom is 0.472 e. The molecule has 3 aliphatic heterocycles. The molecular formula is C24H28N8O14P2. The van der Waals surface area contributed by atoms with Crippen LogP contribution in [0.25, 0.3) is 22.1 Å². The Morgan fingerprint density at radius 3 is 2.35 bits per heavy atom. The molecule has 2 unspecified atom stereocenters. The molecule has 3 fully saturated rings. The predicted octanol–water partition coefficient (Wildman–Crippen LogP) is -1.12. The number of anilines is 2. The number of H-pyrrole nitrogens is 1. The van der Waals surface area contributed by atoms with Gasteiger partial charge in [0.15, 0.2) is 23.6 Å². The van der Waals surface area contributed by atoms with Gasteiger partial charge in [-0.1, -0.05) is 6.07 Å². The van der Waals surface area contributed by atoms with Crippen molar-refractivity contribution in [3.05, 3.63) is 51.6 Å². The van der Waals surface area contributed by atoms with Crippen molar-refractivity contribution in [1.29, 1.82) is 0 Å². The van der Waals surface area contributed by atoms with E-state index in [4.69, 9.17) is 43.8 Å². The molecule has 0 amide bonds. The van der Waals surface area contributed by atoms with E-state index in [1.165, 1.54) is 17.7 Å². The van der Waals surface area contributed by atoms with Crippen molar-refractivity contribution < 1.29 is 56.3 Å². The van der Waals surface area contributed by atoms with Crippen molar-refractivity contribution in [3.63, 3.8) is 0 Å². The number of ether oxygens (including phenoxy) is 3. The number of hydrogen-bond donors (Lipinski definition) is 6. The number of methoxy groups -OCH3 is 1. The average Bonchev–Trinajstić information content (AvgIpc) is 3.68. The number of imidazole rings is 1. The van der Waals surface area contributed by atoms with Gasteiger partial charge in [-0.2, -0.15) is 4.98 Å². The first-order chi connectivity index (χ1) is 22.8. The van der Waals surface area contributed by atoms with Gasteiger partial charge in [0.25, 0.3) is 11.1 Å². The number of aromatic amines is 1. The number of hydrogen-bond acceptors (Lipinski definition) is 17. The van der Waals surface area contributed by atoms with Crippen LogP contribution in [0.1, 0.15) is 12.5 Å². The smallest absolute Gasteiger partial charge is 0.398 e. The molecule has 0 saturated carbocycles. The van der Waals surface area contributed by atoms with Crippen LogP contribution < -0.4 is 22.6 Å². The van der Waals surface area contributed by atoms with E-state index >= 15 is 0 Å². The summed E-state index contributed by atoms with van der Waals surface area (Å²) < 4.78 is 67.2. The molecule has 0 spiro atoms. The van der Waals surface area contributed by atoms with E-state index < -0.39 is 89.1 Å². The number of nitrogens with two attached hydrogens (primary N) is 2. The van der Waals surface area contributed by atoms with Gasteiger partial charge >= 0.3 is 15.6 Å². The molecule has 6 heterocycles. The van der Waals surface area contributed by atoms with Crippen molar-refractivity contribution in [2.24, 2.45) is 0 Å². The Hall–Kier alpha value is -3.63. The molecule has 0 aliphatic carbocycles. The Balaban J connectivity index is 1.22. The monoisotopic (exact) mass is 714 g/mol. The van der Waals surface area contributed by atoms with Gasteiger partial charge in [-0.05, 0) is 12.1 Å². The number of nitrogen functional groups attached to an aromatic ring is 2. The summed E-state index contributed by atoms with van der Waals surface area (Å²) in [6.07, 6.45) is -9.93. The van der Waals surface area contributed by atoms with Crippen LogP contribution in [-0.4, -0.2) is 101 Å². The Bertz CT molecular complexity index is 2110. The van der Waals surface area contributed by atoms with Crippen LogP contribution in [0.5, 0.6) is 0 Å². The standard InChI is InChI=1S/C24H28N8O14P2/c1-40-17-12-6-42-47(36,37)45-16-11(43-22(15(16)33)32-7-27-10-4-2-3-9(25)13(10)21(32)35)5-41-48(38,39)46-18(17)23(44-12)31-8-28-14-19(31)29-24(26)30-20(14)34/h2-4,7-8,11-12,15-18,22-23,33H,5-6,25H2,1H3,(H,36,37)(H,38,39)(H3,26,29,30,34)/t11-,12-,15-,16-,17-,18-,22-,23-/m1/s1. The molecule has 10 atom stereocenters. The minimum Gasteiger partial charge on any atom is -0.398 e. The summed E-state index contributed by atoms with van der Waals surface area (Å²) in [4.78, 5) is 61.9. The molecule has 0 radical (unpaired) electrons. The Morgan fingerprint density at radius 1 is 0.958 bits per heavy atom. The topological polar surface area (TPSA) is 310 Å². The van der Waals surface area contributed by atoms with Crippen LogP contribution in [0.4, 0.5) is 11.6 Å². The molecule has 2 bridgehead atoms. The fourth-order valence-electron chi connectivity index (χ4n) is 5.90. The molecule has 8 N–H and O–H groups in total. The Labute approximate surface area is 267 Å². The second-order valence-corrected chi connectivity index (χ2v) is 13.8. The van der Waals surface area contributed by atoms with Gasteiger partial charge in [-0.25, -0.2) is 19.1 Å². The molecular weight excluding hydrogens is 686 g/mol. The number of phosphoric ester groups is 2. The lowest BCUT2D eigenvalue weighted by Crippen LogP contribution is -2.37. The lowest BCUT2D eigenvalue weighted by molar-refractivity contribution is -0.0682. The number of rotatable bonds is 3. The number of phosphoric acid groups is 2. The SMILES string of the molecule is CO[C@H]1[C@H]2OP(=O)(O)OC[C@H]3O[C@@H](n4cnc5cccc(N)c5c4=O)[C@H](O)[C@@H]3OP(=O)(O)OC[C@H]1O[C@H]2n1cnc2c(=O)[nH]c(N)nc21. The van der Waals surface area contributed by atoms with Gasteiger partial charge in [0.05, 0.1) is 30.4 Å². The number of aliphatic hydroxyl groups excluding tert-OH is 1. The first-order valence-electron chi connectivity index (χ1n) is 14.1. The minimum absolute atomic E-state index is 0.0189. The Kier molecular flexibility index (Phi) is 8.26. The number of aromatic nitrogens is 6. The molecule has 258 valence electrons. The quantitative estimate of drug-likeness (QED) is 0.108. The van der Waals surface area contributed by atoms with Crippen molar-refractivity contribution in [1.82, 2.24) is 29.1 Å². The third-order valence-electron chi connectivity index (χ3n) is 8.02. The van der Waals surface area contributed by atoms with Crippen molar-refractivity contribution in [2.45, 2.75) is 49.1 Å². The summed E-state index contributed by atoms with van der Waals surface area (Å²) in [5.74, 6) is -0.263. The van der Waals surface area contributed by atoms with E-state index in [0.717, 1.165) is 17.2 Å². The minimum atomic E-state index is -5.10. The zero-order valence-corrected chi connectivity index (χ0v) is 26.3. The third-order valence-corrected chi connectivity index (χ3v) is 9.99. The van der Waals surface area contributed by atoms with E-state index in [2.05, 4.69) is 19.9 Å². The molecule has 3 aromatic heterocycles. The van der Waals surface area contributed by atoms with E-state index in [1.54, 1.807) is 12.1 Å². The number of benzene rings is 1. The lowest BCUT2D eigenvalue weighted by atomic mass is 10.1. The maximum absolute atomic E-state index is 13.4. The molecule has 4 aromatic rings. The van der Waals surface area contributed by atoms with Gasteiger partial charge < -0.3 is 40.6 Å². The van der Waals surface area contributed by atoms with Crippen LogP contribution >= 0.6 is 15.6 Å². The largest absolute Gasteiger partial charge is 0.472 e. The molecule has 24 heteroatoms. The highest BCUT2D eigenvalue weighted by atomic mass is 31.2. The predicted molar refractivity (Wildman–Crippen MR) is 159 cm³/mol. The highest BCUT2D eigenvalue weighted by molar-refractivity contribution is 7.47. The van der Waals surface area contributed by atoms with E-state index in [1.807, 2.05) is 0 Å². The summed E-state index contributed by atoms with van der Waals surface area (Å²) in [6.45, 7) is -1.59. The third kappa shape index (κ3) is 5.74. The van der Waals surface area contributed by atoms with E-state index in [-0.39, 0.29) is 33.7 Å². The van der Waals surface area contributed by atoms with Gasteiger partial charge in [-0.3, -0.25) is 41.8 Å². The Morgan fingerprint density at radius 2 is 1.62 bits per heavy atom. The highest BCUT2D eigenvalue weighted by Crippen LogP contribution is 2.54. The second-order valence-electron chi connectivity index (χ2n) is 11.0. The molecule has 48 heavy (non-hydrogen) atoms. The van der Waals surface area contributed by atoms with Crippen molar-refractivity contribution >= 4 is 49.3 Å². The highest BCUT2D eigenvalue weighted by Gasteiger charge is 2.54. The zero-order chi connectivity index (χ0) is 34.1. The van der Waals surface area contributed by atoms with Crippen LogP contribution in [0.15, 0.2) is 40.4 Å². The van der Waals surface area contributed by atoms with Gasteiger partial charge in [-0.15, -0.1) is 0 Å². The summed E-state index contributed by atoms with van der Waals surface area (Å²) in [5.41, 5.74) is 10.4. The van der Waals surface area contributed by atoms with Gasteiger partial charge in [0, 0.05) is 12.8 Å². The zero-order valence-electron chi connectivity index (χ0n) is 24.5. The average molecular weight is 714 g/mol. The maximum atomic E-state index is 13.4. The fraction of sp³-hybridized carbons (Fsp3) is 0.458. The van der Waals surface area contributed by atoms with Crippen LogP contribution in [-0.2, 0) is 41.4 Å². The fourth-order valence-corrected chi connectivity index (χ4v) is 7.79. The van der Waals surface area contributed by atoms with Gasteiger partial charge in [0.2, 0.25) is 5.95 Å². The normalized spacial score (nSPS) is 36.0. The lowest BCUT2D eigenvalue weighted by Gasteiger charge is -2.26. The molecule has 7 rings (SSSR count). The van der Waals surface area contributed by atoms with Crippen LogP contribution in [0.3, 0.4) is 0 Å². The first kappa shape index (κ1) is 32.9. The van der Waals surface area contributed by atoms with E-state index in [0.29, 0.717) is 0 Å². The van der Waals surface area contributed by atoms with Crippen LogP contribution in [0, 0.1) is 0 Å². The summed E-state index contributed by atoms with van der Waals surface area (Å²) in [6, 6.07) is 4.61. The van der Waals surface area contributed by atoms with Crippen LogP contribution in [0.2, 0.25) is 0 Å². The number of aliphatic hydroxyl groups is 1. The molecule has 1 aromatic carbocycles. The van der Waals surface area contributed by atoms with Crippen molar-refractivity contribution in [3.8, 4) is 0 Å². The van der Waals surface area contributed by atoms with Gasteiger partial charge in [0.1, 0.15) is 43.0 Å². The molecule has 3 aliphatic rings. The number of nitrogens with zero attached hydrogens (tertiary/aromatic N) is 5. The number of fused-ring (bicyclic) bond motifs is 5. The second kappa shape index (κ2) is 12.1. The van der Waals surface area contributed by atoms with Crippen molar-refractivity contribution in [2.75, 3.05) is 31.8 Å². The summed E-state index contributed by atoms with van der Waals surface area (Å²) in [5, 5.41) is 11.2. The summed E-state index contributed by atoms with van der Waals surface area (Å²) in [7, 11) is -8.98. The summed E-state index contributed by atoms with van der Waals surface area (Å²) >= 11 is 0. The number of nitrogens with one attached hydrogen (secondary N) is 1.